The van der Waals surface area contributed by atoms with Crippen molar-refractivity contribution >= 4 is 47.3 Å². The van der Waals surface area contributed by atoms with Crippen LogP contribution in [-0.2, 0) is 38.2 Å². The largest absolute Gasteiger partial charge is 0.462 e. The fourth-order valence-corrected chi connectivity index (χ4v) is 4.65. The number of hydrogen-bond donors (Lipinski definition) is 2. The van der Waals surface area contributed by atoms with Crippen molar-refractivity contribution in [1.82, 2.24) is 10.2 Å². The van der Waals surface area contributed by atoms with Crippen molar-refractivity contribution in [3.05, 3.63) is 35.4 Å². The smallest absolute Gasteiger partial charge is 0.404 e. The molecule has 2 aliphatic rings. The molecule has 35 heavy (non-hydrogen) atoms. The zero-order valence-electron chi connectivity index (χ0n) is 18.8. The molecule has 3 rings (SSSR count). The molecule has 0 saturated carbocycles. The van der Waals surface area contributed by atoms with Gasteiger partial charge in [-0.25, -0.2) is 9.59 Å². The molecule has 3 N–H and O–H groups in total. The first kappa shape index (κ1) is 25.6. The number of oxime groups is 1. The minimum atomic E-state index is -1.24. The van der Waals surface area contributed by atoms with E-state index in [1.165, 1.54) is 38.1 Å². The van der Waals surface area contributed by atoms with Crippen LogP contribution >= 0.6 is 11.8 Å². The summed E-state index contributed by atoms with van der Waals surface area (Å²) in [4.78, 5) is 66.7. The van der Waals surface area contributed by atoms with Gasteiger partial charge in [0.05, 0.1) is 6.26 Å². The van der Waals surface area contributed by atoms with Gasteiger partial charge in [0.1, 0.15) is 30.8 Å². The Bertz CT molecular complexity index is 1080. The van der Waals surface area contributed by atoms with Crippen molar-refractivity contribution in [3.8, 4) is 0 Å². The molecule has 1 aromatic rings. The molecule has 1 fully saturated rings. The Hall–Kier alpha value is -4.01. The molecule has 14 nitrogen and oxygen atoms in total. The number of thioether (sulfide) groups is 1. The van der Waals surface area contributed by atoms with Crippen LogP contribution in [0.3, 0.4) is 0 Å². The van der Waals surface area contributed by atoms with Gasteiger partial charge in [-0.3, -0.25) is 19.3 Å². The van der Waals surface area contributed by atoms with E-state index in [-0.39, 0.29) is 35.1 Å². The van der Waals surface area contributed by atoms with E-state index in [0.717, 1.165) is 11.8 Å². The number of rotatable bonds is 9. The van der Waals surface area contributed by atoms with E-state index < -0.39 is 47.6 Å². The second kappa shape index (κ2) is 10.9. The van der Waals surface area contributed by atoms with Crippen molar-refractivity contribution in [3.63, 3.8) is 0 Å². The van der Waals surface area contributed by atoms with Crippen molar-refractivity contribution in [2.45, 2.75) is 31.6 Å². The predicted molar refractivity (Wildman–Crippen MR) is 117 cm³/mol. The van der Waals surface area contributed by atoms with Crippen molar-refractivity contribution in [2.24, 2.45) is 10.9 Å². The molecular weight excluding hydrogens is 488 g/mol. The van der Waals surface area contributed by atoms with Crippen molar-refractivity contribution < 1.29 is 47.4 Å². The van der Waals surface area contributed by atoms with Crippen LogP contribution in [0.15, 0.2) is 39.2 Å². The zero-order chi connectivity index (χ0) is 25.7. The van der Waals surface area contributed by atoms with E-state index in [0.29, 0.717) is 0 Å². The SMILES string of the molecule is CON=C(C(=O)N[C@@H]1C(=O)N2C(C(=O)O[C@H](C)OC(C)=O)=C(COC(N)=O)CS[C@H]12)c1ccco1. The summed E-state index contributed by atoms with van der Waals surface area (Å²) in [5, 5.41) is 5.53. The van der Waals surface area contributed by atoms with Crippen LogP contribution in [0.2, 0.25) is 0 Å². The second-order valence-corrected chi connectivity index (χ2v) is 8.21. The number of furan rings is 1. The first-order valence-corrected chi connectivity index (χ1v) is 11.1. The van der Waals surface area contributed by atoms with Gasteiger partial charge in [-0.1, -0.05) is 5.16 Å². The number of carbonyl (C=O) groups is 5. The number of nitrogens with zero attached hydrogens (tertiary/aromatic N) is 2. The van der Waals surface area contributed by atoms with E-state index in [4.69, 9.17) is 29.2 Å². The third-order valence-electron chi connectivity index (χ3n) is 4.67. The molecule has 0 aromatic carbocycles. The third kappa shape index (κ3) is 5.74. The number of nitrogens with two attached hydrogens (primary N) is 1. The molecule has 2 aliphatic heterocycles. The highest BCUT2D eigenvalue weighted by molar-refractivity contribution is 8.00. The molecule has 188 valence electrons. The van der Waals surface area contributed by atoms with Gasteiger partial charge in [0.25, 0.3) is 11.8 Å². The number of β-lactam (4-membered cyclic amide) rings is 1. The maximum Gasteiger partial charge on any atom is 0.404 e. The van der Waals surface area contributed by atoms with E-state index >= 15 is 0 Å². The monoisotopic (exact) mass is 510 g/mol. The van der Waals surface area contributed by atoms with Crippen LogP contribution in [0.25, 0.3) is 0 Å². The Morgan fingerprint density at radius 3 is 2.69 bits per heavy atom. The molecule has 15 heteroatoms. The summed E-state index contributed by atoms with van der Waals surface area (Å²) in [7, 11) is 1.25. The molecule has 3 amide bonds. The summed E-state index contributed by atoms with van der Waals surface area (Å²) in [6, 6.07) is 2.03. The maximum atomic E-state index is 13.0. The average molecular weight is 510 g/mol. The number of esters is 2. The van der Waals surface area contributed by atoms with Gasteiger partial charge in [-0.2, -0.15) is 0 Å². The minimum Gasteiger partial charge on any atom is -0.462 e. The molecule has 1 saturated heterocycles. The maximum absolute atomic E-state index is 13.0. The summed E-state index contributed by atoms with van der Waals surface area (Å²) in [6.45, 7) is 2.09. The van der Waals surface area contributed by atoms with Crippen LogP contribution < -0.4 is 11.1 Å². The Morgan fingerprint density at radius 2 is 2.09 bits per heavy atom. The lowest BCUT2D eigenvalue weighted by Crippen LogP contribution is -2.71. The molecule has 0 radical (unpaired) electrons. The average Bonchev–Trinajstić information content (AvgIpc) is 3.32. The Kier molecular flexibility index (Phi) is 8.01. The number of carbonyl (C=O) groups excluding carboxylic acids is 5. The number of amides is 3. The topological polar surface area (TPSA) is 189 Å². The fourth-order valence-electron chi connectivity index (χ4n) is 3.32. The molecule has 3 heterocycles. The molecule has 1 aromatic heterocycles. The summed E-state index contributed by atoms with van der Waals surface area (Å²) in [5.41, 5.74) is 4.89. The molecule has 0 aliphatic carbocycles. The van der Waals surface area contributed by atoms with Crippen molar-refractivity contribution in [1.29, 1.82) is 0 Å². The minimum absolute atomic E-state index is 0.124. The Balaban J connectivity index is 1.80. The van der Waals surface area contributed by atoms with E-state index in [1.54, 1.807) is 6.07 Å². The molecular formula is C20H22N4O10S. The summed E-state index contributed by atoms with van der Waals surface area (Å²) >= 11 is 1.21. The quantitative estimate of drug-likeness (QED) is 0.147. The van der Waals surface area contributed by atoms with E-state index in [2.05, 4.69) is 10.5 Å². The number of hydrogen-bond acceptors (Lipinski definition) is 12. The first-order valence-electron chi connectivity index (χ1n) is 10.1. The van der Waals surface area contributed by atoms with Crippen LogP contribution in [0.1, 0.15) is 19.6 Å². The molecule has 0 unspecified atom stereocenters. The normalized spacial score (nSPS) is 20.3. The van der Waals surface area contributed by atoms with Gasteiger partial charge in [0.2, 0.25) is 12.0 Å². The van der Waals surface area contributed by atoms with E-state index in [9.17, 15) is 24.0 Å². The van der Waals surface area contributed by atoms with Crippen LogP contribution in [0.5, 0.6) is 0 Å². The van der Waals surface area contributed by atoms with Crippen LogP contribution in [0, 0.1) is 0 Å². The van der Waals surface area contributed by atoms with Gasteiger partial charge >= 0.3 is 18.0 Å². The molecule has 3 atom stereocenters. The van der Waals surface area contributed by atoms with Gasteiger partial charge in [0, 0.05) is 25.2 Å². The third-order valence-corrected chi connectivity index (χ3v) is 6.01. The number of ether oxygens (including phenoxy) is 3. The fraction of sp³-hybridized carbons (Fsp3) is 0.400. The highest BCUT2D eigenvalue weighted by Gasteiger charge is 2.55. The second-order valence-electron chi connectivity index (χ2n) is 7.10. The Labute approximate surface area is 202 Å². The van der Waals surface area contributed by atoms with E-state index in [1.807, 2.05) is 0 Å². The summed E-state index contributed by atoms with van der Waals surface area (Å²) in [6.07, 6.45) is -0.976. The van der Waals surface area contributed by atoms with Crippen LogP contribution in [0.4, 0.5) is 4.79 Å². The van der Waals surface area contributed by atoms with Gasteiger partial charge < -0.3 is 34.5 Å². The highest BCUT2D eigenvalue weighted by Crippen LogP contribution is 2.41. The van der Waals surface area contributed by atoms with Gasteiger partial charge in [-0.05, 0) is 12.1 Å². The highest BCUT2D eigenvalue weighted by atomic mass is 32.2. The summed E-state index contributed by atoms with van der Waals surface area (Å²) < 4.78 is 19.9. The molecule has 0 bridgehead atoms. The standard InChI is InChI=1S/C20H22N4O10S/c1-9(25)33-10(2)34-19(28)15-11(7-32-20(21)29)8-35-18-14(17(27)24(15)18)22-16(26)13(23-30-3)12-5-4-6-31-12/h4-6,10,14,18H,7-8H2,1-3H3,(H2,21,29)(H,22,26)/t10-,14-,18-/m1/s1. The number of fused-ring (bicyclic) bond motifs is 1. The molecule has 0 spiro atoms. The first-order chi connectivity index (χ1) is 16.6. The van der Waals surface area contributed by atoms with Crippen molar-refractivity contribution in [2.75, 3.05) is 19.5 Å². The lowest BCUT2D eigenvalue weighted by molar-refractivity contribution is -0.182. The lowest BCUT2D eigenvalue weighted by atomic mass is 10.0. The number of nitrogens with one attached hydrogen (secondary N) is 1. The zero-order valence-corrected chi connectivity index (χ0v) is 19.7. The summed E-state index contributed by atoms with van der Waals surface area (Å²) in [5.74, 6) is -2.75. The van der Waals surface area contributed by atoms with Gasteiger partial charge in [-0.15, -0.1) is 11.8 Å². The van der Waals surface area contributed by atoms with Gasteiger partial charge in [0.15, 0.2) is 5.76 Å². The Morgan fingerprint density at radius 1 is 1.34 bits per heavy atom. The predicted octanol–water partition coefficient (Wildman–Crippen LogP) is -0.168. The van der Waals surface area contributed by atoms with Crippen LogP contribution in [-0.4, -0.2) is 77.6 Å². The lowest BCUT2D eigenvalue weighted by Gasteiger charge is -2.49. The number of primary amides is 1.